The average molecular weight is 533 g/mol. The standard InChI is InChI=1S/C20H16Cl4F3NO4/c21-15-10-14(31-9-6-17(23)24)11-16(22)18(15)32-8-1-7-30-13-4-2-12(3-5-13)19(28-29)20(25,26)27/h2-6,10-11,19H,1,7-9H2. The lowest BCUT2D eigenvalue weighted by atomic mass is 10.1. The summed E-state index contributed by atoms with van der Waals surface area (Å²) in [4.78, 5) is 10.5. The second-order valence-electron chi connectivity index (χ2n) is 6.19. The van der Waals surface area contributed by atoms with Crippen LogP contribution in [-0.4, -0.2) is 26.0 Å². The summed E-state index contributed by atoms with van der Waals surface area (Å²) in [6.45, 7) is 0.569. The van der Waals surface area contributed by atoms with Gasteiger partial charge in [0, 0.05) is 18.6 Å². The van der Waals surface area contributed by atoms with E-state index in [2.05, 4.69) is 5.18 Å². The van der Waals surface area contributed by atoms with Crippen LogP contribution < -0.4 is 14.2 Å². The maximum atomic E-state index is 12.7. The van der Waals surface area contributed by atoms with Gasteiger partial charge in [-0.1, -0.05) is 63.7 Å². The molecule has 0 saturated heterocycles. The first kappa shape index (κ1) is 26.4. The van der Waals surface area contributed by atoms with Crippen LogP contribution in [0, 0.1) is 4.91 Å². The van der Waals surface area contributed by atoms with Gasteiger partial charge in [-0.15, -0.1) is 4.91 Å². The Bertz CT molecular complexity index is 912. The zero-order valence-corrected chi connectivity index (χ0v) is 19.2. The minimum absolute atomic E-state index is 0.0729. The molecule has 0 aliphatic heterocycles. The fraction of sp³-hybridized carbons (Fsp3) is 0.300. The van der Waals surface area contributed by atoms with Crippen LogP contribution in [-0.2, 0) is 0 Å². The summed E-state index contributed by atoms with van der Waals surface area (Å²) in [5, 5.41) is 2.63. The van der Waals surface area contributed by atoms with Gasteiger partial charge in [0.2, 0.25) is 6.04 Å². The van der Waals surface area contributed by atoms with E-state index < -0.39 is 12.2 Å². The molecule has 5 nitrogen and oxygen atoms in total. The first-order chi connectivity index (χ1) is 15.1. The van der Waals surface area contributed by atoms with Crippen molar-refractivity contribution in [1.82, 2.24) is 0 Å². The smallest absolute Gasteiger partial charge is 0.418 e. The number of halogens is 7. The minimum atomic E-state index is -4.75. The number of benzene rings is 2. The molecule has 12 heteroatoms. The van der Waals surface area contributed by atoms with Gasteiger partial charge in [-0.25, -0.2) is 0 Å². The van der Waals surface area contributed by atoms with Gasteiger partial charge in [0.15, 0.2) is 5.75 Å². The molecule has 2 rings (SSSR count). The first-order valence-electron chi connectivity index (χ1n) is 8.99. The van der Waals surface area contributed by atoms with Gasteiger partial charge in [-0.05, 0) is 23.8 Å². The fourth-order valence-electron chi connectivity index (χ4n) is 2.44. The number of rotatable bonds is 11. The van der Waals surface area contributed by atoms with E-state index in [1.165, 1.54) is 30.3 Å². The number of hydrogen-bond donors (Lipinski definition) is 0. The van der Waals surface area contributed by atoms with Crippen LogP contribution >= 0.6 is 46.4 Å². The lowest BCUT2D eigenvalue weighted by Gasteiger charge is -2.14. The highest BCUT2D eigenvalue weighted by molar-refractivity contribution is 6.55. The predicted octanol–water partition coefficient (Wildman–Crippen LogP) is 7.91. The summed E-state index contributed by atoms with van der Waals surface area (Å²) in [6.07, 6.45) is -2.85. The Morgan fingerprint density at radius 2 is 1.56 bits per heavy atom. The largest absolute Gasteiger partial charge is 0.493 e. The number of nitrogens with zero attached hydrogens (tertiary/aromatic N) is 1. The van der Waals surface area contributed by atoms with Crippen molar-refractivity contribution in [2.75, 3.05) is 19.8 Å². The first-order valence-corrected chi connectivity index (χ1v) is 10.5. The average Bonchev–Trinajstić information content (AvgIpc) is 2.70. The summed E-state index contributed by atoms with van der Waals surface area (Å²) in [5.41, 5.74) is -0.262. The fourth-order valence-corrected chi connectivity index (χ4v) is 3.14. The van der Waals surface area contributed by atoms with Gasteiger partial charge in [0.05, 0.1) is 23.3 Å². The van der Waals surface area contributed by atoms with Gasteiger partial charge in [0.25, 0.3) is 0 Å². The Kier molecular flexibility index (Phi) is 10.2. The molecule has 0 radical (unpaired) electrons. The third-order valence-electron chi connectivity index (χ3n) is 3.87. The van der Waals surface area contributed by atoms with Gasteiger partial charge in [0.1, 0.15) is 22.6 Å². The van der Waals surface area contributed by atoms with E-state index in [0.29, 0.717) is 17.9 Å². The highest BCUT2D eigenvalue weighted by Crippen LogP contribution is 2.37. The van der Waals surface area contributed by atoms with E-state index in [1.54, 1.807) is 0 Å². The number of alkyl halides is 3. The van der Waals surface area contributed by atoms with Crippen molar-refractivity contribution in [3.8, 4) is 17.2 Å². The summed E-state index contributed by atoms with van der Waals surface area (Å²) in [6, 6.07) is 5.60. The van der Waals surface area contributed by atoms with E-state index in [-0.39, 0.29) is 45.7 Å². The van der Waals surface area contributed by atoms with Gasteiger partial charge < -0.3 is 14.2 Å². The molecular weight excluding hydrogens is 517 g/mol. The molecule has 0 spiro atoms. The molecule has 0 saturated carbocycles. The monoisotopic (exact) mass is 531 g/mol. The van der Waals surface area contributed by atoms with Crippen LogP contribution in [0.2, 0.25) is 10.0 Å². The normalized spacial score (nSPS) is 12.1. The zero-order chi connectivity index (χ0) is 23.7. The zero-order valence-electron chi connectivity index (χ0n) is 16.2. The predicted molar refractivity (Wildman–Crippen MR) is 118 cm³/mol. The Labute approximate surface area is 201 Å². The number of hydrogen-bond acceptors (Lipinski definition) is 5. The van der Waals surface area contributed by atoms with Crippen molar-refractivity contribution in [3.63, 3.8) is 0 Å². The van der Waals surface area contributed by atoms with Crippen molar-refractivity contribution in [2.24, 2.45) is 5.18 Å². The molecule has 0 fully saturated rings. The SMILES string of the molecule is O=NC(c1ccc(OCCCOc2c(Cl)cc(OCC=C(Cl)Cl)cc2Cl)cc1)C(F)(F)F. The second-order valence-corrected chi connectivity index (χ2v) is 8.01. The molecule has 0 N–H and O–H groups in total. The Hall–Kier alpha value is -1.87. The van der Waals surface area contributed by atoms with E-state index >= 15 is 0 Å². The van der Waals surface area contributed by atoms with Crippen LogP contribution in [0.25, 0.3) is 0 Å². The maximum absolute atomic E-state index is 12.7. The van der Waals surface area contributed by atoms with E-state index in [0.717, 1.165) is 12.1 Å². The molecule has 1 atom stereocenters. The summed E-state index contributed by atoms with van der Waals surface area (Å²) < 4.78 is 54.7. The van der Waals surface area contributed by atoms with Crippen LogP contribution in [0.1, 0.15) is 18.0 Å². The lowest BCUT2D eigenvalue weighted by molar-refractivity contribution is -0.148. The van der Waals surface area contributed by atoms with Crippen LogP contribution in [0.3, 0.4) is 0 Å². The Balaban J connectivity index is 1.81. The molecule has 0 heterocycles. The summed E-state index contributed by atoms with van der Waals surface area (Å²) >= 11 is 23.3. The molecule has 1 unspecified atom stereocenters. The van der Waals surface area contributed by atoms with Gasteiger partial charge in [-0.3, -0.25) is 0 Å². The third kappa shape index (κ3) is 8.24. The topological polar surface area (TPSA) is 57.1 Å². The van der Waals surface area contributed by atoms with Crippen molar-refractivity contribution in [3.05, 3.63) is 67.5 Å². The molecule has 32 heavy (non-hydrogen) atoms. The number of ether oxygens (including phenoxy) is 3. The molecule has 2 aromatic carbocycles. The highest BCUT2D eigenvalue weighted by atomic mass is 35.5. The van der Waals surface area contributed by atoms with Crippen LogP contribution in [0.15, 0.2) is 52.1 Å². The summed E-state index contributed by atoms with van der Waals surface area (Å²) in [5.74, 6) is 1.02. The molecule has 0 aromatic heterocycles. The van der Waals surface area contributed by atoms with Gasteiger partial charge >= 0.3 is 6.18 Å². The number of nitroso groups, excluding NO2 is 1. The quantitative estimate of drug-likeness (QED) is 0.218. The third-order valence-corrected chi connectivity index (χ3v) is 4.74. The van der Waals surface area contributed by atoms with E-state index in [4.69, 9.17) is 60.6 Å². The van der Waals surface area contributed by atoms with Crippen molar-refractivity contribution in [2.45, 2.75) is 18.6 Å². The molecule has 2 aromatic rings. The molecule has 0 amide bonds. The Morgan fingerprint density at radius 3 is 2.09 bits per heavy atom. The summed E-state index contributed by atoms with van der Waals surface area (Å²) in [7, 11) is 0. The van der Waals surface area contributed by atoms with E-state index in [9.17, 15) is 18.1 Å². The molecule has 174 valence electrons. The highest BCUT2D eigenvalue weighted by Gasteiger charge is 2.42. The Morgan fingerprint density at radius 1 is 0.969 bits per heavy atom. The van der Waals surface area contributed by atoms with Crippen molar-refractivity contribution in [1.29, 1.82) is 0 Å². The van der Waals surface area contributed by atoms with Gasteiger partial charge in [-0.2, -0.15) is 13.2 Å². The maximum Gasteiger partial charge on any atom is 0.418 e. The molecule has 0 bridgehead atoms. The molecule has 0 aliphatic rings. The van der Waals surface area contributed by atoms with Crippen LogP contribution in [0.5, 0.6) is 17.2 Å². The second kappa shape index (κ2) is 12.4. The van der Waals surface area contributed by atoms with Crippen molar-refractivity contribution < 1.29 is 27.4 Å². The van der Waals surface area contributed by atoms with E-state index in [1.807, 2.05) is 0 Å². The van der Waals surface area contributed by atoms with Crippen LogP contribution in [0.4, 0.5) is 13.2 Å². The minimum Gasteiger partial charge on any atom is -0.493 e. The lowest BCUT2D eigenvalue weighted by Crippen LogP contribution is -2.18. The molecular formula is C20H16Cl4F3NO4. The van der Waals surface area contributed by atoms with Crippen molar-refractivity contribution >= 4 is 46.4 Å². The molecule has 0 aliphatic carbocycles.